The van der Waals surface area contributed by atoms with E-state index in [0.717, 1.165) is 25.7 Å². The zero-order chi connectivity index (χ0) is 13.1. The first-order chi connectivity index (χ1) is 8.10. The van der Waals surface area contributed by atoms with Crippen LogP contribution in [0.15, 0.2) is 0 Å². The van der Waals surface area contributed by atoms with Gasteiger partial charge in [-0.25, -0.2) is 0 Å². The van der Waals surface area contributed by atoms with Gasteiger partial charge in [0.25, 0.3) is 0 Å². The Morgan fingerprint density at radius 1 is 1.24 bits per heavy atom. The molecule has 0 spiro atoms. The molecule has 0 rings (SSSR count). The Hall–Kier alpha value is -1.50. The van der Waals surface area contributed by atoms with Gasteiger partial charge in [-0.05, 0) is 19.3 Å². The fourth-order valence-corrected chi connectivity index (χ4v) is 1.43. The molecule has 0 aliphatic carbocycles. The molecule has 0 N–H and O–H groups in total. The maximum atomic E-state index is 10.8. The van der Waals surface area contributed by atoms with Crippen molar-refractivity contribution < 1.29 is 19.1 Å². The molecule has 4 nitrogen and oxygen atoms in total. The highest BCUT2D eigenvalue weighted by molar-refractivity contribution is 5.69. The Kier molecular flexibility index (Phi) is 8.85. The van der Waals surface area contributed by atoms with Gasteiger partial charge in [0, 0.05) is 13.3 Å². The molecule has 0 aromatic rings. The molecular formula is C13H20O4. The summed E-state index contributed by atoms with van der Waals surface area (Å²) in [6.45, 7) is 1.35. The molecule has 0 amide bonds. The van der Waals surface area contributed by atoms with Crippen molar-refractivity contribution >= 4 is 11.9 Å². The average Bonchev–Trinajstić information content (AvgIpc) is 2.30. The Morgan fingerprint density at radius 3 is 2.41 bits per heavy atom. The van der Waals surface area contributed by atoms with Crippen molar-refractivity contribution in [3.8, 4) is 12.3 Å². The fourth-order valence-electron chi connectivity index (χ4n) is 1.43. The number of unbranched alkanes of at least 4 members (excludes halogenated alkanes) is 3. The van der Waals surface area contributed by atoms with Crippen LogP contribution >= 0.6 is 0 Å². The lowest BCUT2D eigenvalue weighted by Gasteiger charge is -2.10. The van der Waals surface area contributed by atoms with E-state index in [9.17, 15) is 9.59 Å². The van der Waals surface area contributed by atoms with E-state index in [1.54, 1.807) is 0 Å². The standard InChI is InChI=1S/C13H20O4/c1-4-12(17-11(2)14)9-7-5-6-8-10-13(15)16-3/h1,12H,5-10H2,2-3H3/t12-/m1/s1. The average molecular weight is 240 g/mol. The molecule has 0 aliphatic rings. The van der Waals surface area contributed by atoms with Crippen LogP contribution in [0.5, 0.6) is 0 Å². The van der Waals surface area contributed by atoms with E-state index in [1.807, 2.05) is 0 Å². The SMILES string of the molecule is C#C[C@H](CCCCCCC(=O)OC)OC(C)=O. The molecule has 17 heavy (non-hydrogen) atoms. The third kappa shape index (κ3) is 9.43. The number of esters is 2. The predicted octanol–water partition coefficient (Wildman–Crippen LogP) is 2.06. The van der Waals surface area contributed by atoms with Gasteiger partial charge in [0.2, 0.25) is 0 Å². The summed E-state index contributed by atoms with van der Waals surface area (Å²) in [5.74, 6) is 1.91. The lowest BCUT2D eigenvalue weighted by atomic mass is 10.1. The van der Waals surface area contributed by atoms with Crippen LogP contribution in [0.1, 0.15) is 45.4 Å². The summed E-state index contributed by atoms with van der Waals surface area (Å²) in [7, 11) is 1.39. The summed E-state index contributed by atoms with van der Waals surface area (Å²) in [5.41, 5.74) is 0. The molecule has 0 heterocycles. The van der Waals surface area contributed by atoms with Crippen molar-refractivity contribution in [1.82, 2.24) is 0 Å². The number of methoxy groups -OCH3 is 1. The topological polar surface area (TPSA) is 52.6 Å². The highest BCUT2D eigenvalue weighted by atomic mass is 16.5. The van der Waals surface area contributed by atoms with E-state index in [1.165, 1.54) is 14.0 Å². The highest BCUT2D eigenvalue weighted by Gasteiger charge is 2.07. The van der Waals surface area contributed by atoms with Gasteiger partial charge >= 0.3 is 11.9 Å². The van der Waals surface area contributed by atoms with Crippen molar-refractivity contribution in [3.63, 3.8) is 0 Å². The molecule has 1 atom stereocenters. The van der Waals surface area contributed by atoms with Gasteiger partial charge in [0.1, 0.15) is 0 Å². The van der Waals surface area contributed by atoms with E-state index < -0.39 is 6.10 Å². The molecular weight excluding hydrogens is 220 g/mol. The number of hydrogen-bond donors (Lipinski definition) is 0. The fraction of sp³-hybridized carbons (Fsp3) is 0.692. The molecule has 0 unspecified atom stereocenters. The molecule has 0 saturated heterocycles. The molecule has 0 bridgehead atoms. The summed E-state index contributed by atoms with van der Waals surface area (Å²) in [6.07, 6.45) is 9.57. The van der Waals surface area contributed by atoms with Gasteiger partial charge in [-0.3, -0.25) is 9.59 Å². The maximum absolute atomic E-state index is 10.8. The molecule has 4 heteroatoms. The molecule has 0 aromatic heterocycles. The van der Waals surface area contributed by atoms with Gasteiger partial charge in [-0.2, -0.15) is 0 Å². The van der Waals surface area contributed by atoms with Crippen LogP contribution in [-0.2, 0) is 19.1 Å². The minimum atomic E-state index is -0.423. The molecule has 0 radical (unpaired) electrons. The van der Waals surface area contributed by atoms with Crippen molar-refractivity contribution in [2.45, 2.75) is 51.6 Å². The molecule has 96 valence electrons. The van der Waals surface area contributed by atoms with Crippen LogP contribution in [0.25, 0.3) is 0 Å². The summed E-state index contributed by atoms with van der Waals surface area (Å²) in [4.78, 5) is 21.5. The third-order valence-electron chi connectivity index (χ3n) is 2.32. The van der Waals surface area contributed by atoms with Gasteiger partial charge < -0.3 is 9.47 Å². The van der Waals surface area contributed by atoms with E-state index >= 15 is 0 Å². The maximum Gasteiger partial charge on any atom is 0.305 e. The van der Waals surface area contributed by atoms with Gasteiger partial charge in [-0.1, -0.05) is 18.8 Å². The van der Waals surface area contributed by atoms with Crippen molar-refractivity contribution in [2.24, 2.45) is 0 Å². The van der Waals surface area contributed by atoms with Crippen LogP contribution in [0.4, 0.5) is 0 Å². The van der Waals surface area contributed by atoms with E-state index in [2.05, 4.69) is 10.7 Å². The summed E-state index contributed by atoms with van der Waals surface area (Å²) < 4.78 is 9.45. The number of hydrogen-bond acceptors (Lipinski definition) is 4. The number of ether oxygens (including phenoxy) is 2. The van der Waals surface area contributed by atoms with Crippen LogP contribution in [0.3, 0.4) is 0 Å². The number of carbonyl (C=O) groups excluding carboxylic acids is 2. The summed E-state index contributed by atoms with van der Waals surface area (Å²) >= 11 is 0. The van der Waals surface area contributed by atoms with Crippen LogP contribution in [0, 0.1) is 12.3 Å². The molecule has 0 fully saturated rings. The summed E-state index contributed by atoms with van der Waals surface area (Å²) in [5, 5.41) is 0. The quantitative estimate of drug-likeness (QED) is 0.370. The summed E-state index contributed by atoms with van der Waals surface area (Å²) in [6, 6.07) is 0. The van der Waals surface area contributed by atoms with Crippen molar-refractivity contribution in [2.75, 3.05) is 7.11 Å². The molecule has 0 aromatic carbocycles. The Balaban J connectivity index is 3.47. The van der Waals surface area contributed by atoms with Crippen molar-refractivity contribution in [3.05, 3.63) is 0 Å². The molecule has 0 aliphatic heterocycles. The van der Waals surface area contributed by atoms with E-state index in [-0.39, 0.29) is 11.9 Å². The van der Waals surface area contributed by atoms with Crippen molar-refractivity contribution in [1.29, 1.82) is 0 Å². The smallest absolute Gasteiger partial charge is 0.305 e. The molecule has 0 saturated carbocycles. The monoisotopic (exact) mass is 240 g/mol. The van der Waals surface area contributed by atoms with Crippen LogP contribution in [-0.4, -0.2) is 25.2 Å². The van der Waals surface area contributed by atoms with Crippen LogP contribution < -0.4 is 0 Å². The normalized spacial score (nSPS) is 11.4. The Bertz CT molecular complexity index is 278. The Labute approximate surface area is 103 Å². The number of carbonyl (C=O) groups is 2. The van der Waals surface area contributed by atoms with Gasteiger partial charge in [0.15, 0.2) is 6.10 Å². The first-order valence-corrected chi connectivity index (χ1v) is 5.80. The number of rotatable bonds is 8. The second-order valence-corrected chi connectivity index (χ2v) is 3.79. The minimum Gasteiger partial charge on any atom is -0.469 e. The van der Waals surface area contributed by atoms with Gasteiger partial charge in [0.05, 0.1) is 7.11 Å². The second-order valence-electron chi connectivity index (χ2n) is 3.79. The second kappa shape index (κ2) is 9.71. The number of terminal acetylenes is 1. The van der Waals surface area contributed by atoms with Crippen LogP contribution in [0.2, 0.25) is 0 Å². The lowest BCUT2D eigenvalue weighted by Crippen LogP contribution is -2.13. The highest BCUT2D eigenvalue weighted by Crippen LogP contribution is 2.09. The Morgan fingerprint density at radius 2 is 1.88 bits per heavy atom. The lowest BCUT2D eigenvalue weighted by molar-refractivity contribution is -0.144. The van der Waals surface area contributed by atoms with E-state index in [4.69, 9.17) is 11.2 Å². The largest absolute Gasteiger partial charge is 0.469 e. The first kappa shape index (κ1) is 15.5. The predicted molar refractivity (Wildman–Crippen MR) is 64.1 cm³/mol. The van der Waals surface area contributed by atoms with E-state index in [0.29, 0.717) is 12.8 Å². The third-order valence-corrected chi connectivity index (χ3v) is 2.32. The van der Waals surface area contributed by atoms with Gasteiger partial charge in [-0.15, -0.1) is 6.42 Å². The zero-order valence-corrected chi connectivity index (χ0v) is 10.5. The zero-order valence-electron chi connectivity index (χ0n) is 10.5. The minimum absolute atomic E-state index is 0.175. The first-order valence-electron chi connectivity index (χ1n) is 5.80.